The predicted molar refractivity (Wildman–Crippen MR) is 19.9 cm³/mol. The molecule has 0 unspecified atom stereocenters. The van der Waals surface area contributed by atoms with E-state index in [4.69, 9.17) is 14.0 Å². The minimum atomic E-state index is -1.42. The van der Waals surface area contributed by atoms with E-state index in [1.165, 1.54) is 0 Å². The van der Waals surface area contributed by atoms with Crippen LogP contribution in [0.25, 0.3) is 0 Å². The van der Waals surface area contributed by atoms with E-state index in [2.05, 4.69) is 0 Å². The van der Waals surface area contributed by atoms with Gasteiger partial charge in [-0.2, -0.15) is 0 Å². The van der Waals surface area contributed by atoms with Crippen molar-refractivity contribution in [3.8, 4) is 0 Å². The van der Waals surface area contributed by atoms with Crippen molar-refractivity contribution in [1.82, 2.24) is 0 Å². The number of rotatable bonds is 0. The summed E-state index contributed by atoms with van der Waals surface area (Å²) in [5, 5.41) is 7.57. The van der Waals surface area contributed by atoms with Crippen molar-refractivity contribution in [1.29, 1.82) is 0 Å². The lowest BCUT2D eigenvalue weighted by Gasteiger charge is -1.52. The van der Waals surface area contributed by atoms with Gasteiger partial charge < -0.3 is 5.11 Å². The maximum absolute atomic E-state index is 8.40. The number of hydrogen-bond acceptors (Lipinski definition) is 3. The third-order valence-corrected chi connectivity index (χ3v) is 0. The third kappa shape index (κ3) is 585. The Morgan fingerprint density at radius 3 is 1.67 bits per heavy atom. The van der Waals surface area contributed by atoms with Crippen LogP contribution in [0.1, 0.15) is 6.92 Å². The predicted octanol–water partition coefficient (Wildman–Crippen LogP) is -0.620. The molecule has 0 aromatic rings. The zero-order valence-electron chi connectivity index (χ0n) is 3.47. The van der Waals surface area contributed by atoms with Gasteiger partial charge in [0.05, 0.1) is 0 Å². The quantitative estimate of drug-likeness (QED) is 0.419. The first-order valence-electron chi connectivity index (χ1n) is 1.43. The summed E-state index contributed by atoms with van der Waals surface area (Å²) in [5.41, 5.74) is 0. The van der Waals surface area contributed by atoms with Gasteiger partial charge >= 0.3 is 9.29 Å². The Balaban J connectivity index is 0. The van der Waals surface area contributed by atoms with E-state index in [9.17, 15) is 0 Å². The Morgan fingerprint density at radius 1 is 1.67 bits per heavy atom. The van der Waals surface area contributed by atoms with Crippen molar-refractivity contribution in [2.24, 2.45) is 0 Å². The van der Waals surface area contributed by atoms with E-state index >= 15 is 0 Å². The van der Waals surface area contributed by atoms with E-state index in [-0.39, 0.29) is 6.61 Å². The fraction of sp³-hybridized carbons (Fsp3) is 1.00. The normalized spacial score (nSPS) is 4.33. The van der Waals surface area contributed by atoms with Gasteiger partial charge in [-0.1, -0.05) is 0 Å². The van der Waals surface area contributed by atoms with Crippen LogP contribution in [0.2, 0.25) is 0 Å². The summed E-state index contributed by atoms with van der Waals surface area (Å²) in [7, 11) is -1.42. The molecule has 0 aliphatic carbocycles. The first-order valence-corrected chi connectivity index (χ1v) is 2.25. The molecule has 0 heterocycles. The van der Waals surface area contributed by atoms with E-state index in [1.54, 1.807) is 6.92 Å². The van der Waals surface area contributed by atoms with Crippen LogP contribution in [-0.4, -0.2) is 21.0 Å². The van der Waals surface area contributed by atoms with Gasteiger partial charge in [-0.3, -0.25) is 8.92 Å². The molecule has 0 spiro atoms. The lowest BCUT2D eigenvalue weighted by molar-refractivity contribution is 0.318. The first kappa shape index (κ1) is 9.24. The summed E-state index contributed by atoms with van der Waals surface area (Å²) in [6.07, 6.45) is 0. The molecule has 0 radical (unpaired) electrons. The second-order valence-electron chi connectivity index (χ2n) is 0.400. The Bertz CT molecular complexity index is 38.1. The van der Waals surface area contributed by atoms with Crippen molar-refractivity contribution in [3.63, 3.8) is 0 Å². The van der Waals surface area contributed by atoms with Crippen LogP contribution in [0.3, 0.4) is 0 Å². The SMILES string of the molecule is CCO.O=[Si]=O. The van der Waals surface area contributed by atoms with Crippen molar-refractivity contribution in [2.45, 2.75) is 6.92 Å². The lowest BCUT2D eigenvalue weighted by Crippen LogP contribution is -1.57. The van der Waals surface area contributed by atoms with E-state index in [0.717, 1.165) is 0 Å². The highest BCUT2D eigenvalue weighted by molar-refractivity contribution is 5.94. The van der Waals surface area contributed by atoms with Gasteiger partial charge in [0.1, 0.15) is 0 Å². The zero-order chi connectivity index (χ0) is 5.41. The molecule has 0 amide bonds. The van der Waals surface area contributed by atoms with E-state index < -0.39 is 9.29 Å². The average molecular weight is 106 g/mol. The highest BCUT2D eigenvalue weighted by atomic mass is 28.2. The first-order chi connectivity index (χ1) is 2.83. The molecule has 0 fully saturated rings. The van der Waals surface area contributed by atoms with Crippen LogP contribution in [0.4, 0.5) is 0 Å². The maximum Gasteiger partial charge on any atom is 0.549 e. The molecule has 6 heavy (non-hydrogen) atoms. The van der Waals surface area contributed by atoms with Gasteiger partial charge in [-0.25, -0.2) is 0 Å². The van der Waals surface area contributed by atoms with Crippen molar-refractivity contribution in [2.75, 3.05) is 6.61 Å². The maximum atomic E-state index is 8.40. The van der Waals surface area contributed by atoms with E-state index in [0.29, 0.717) is 0 Å². The van der Waals surface area contributed by atoms with Crippen molar-refractivity contribution in [3.05, 3.63) is 0 Å². The van der Waals surface area contributed by atoms with Crippen LogP contribution in [0.15, 0.2) is 0 Å². The molecule has 0 aromatic heterocycles. The van der Waals surface area contributed by atoms with Crippen LogP contribution in [0, 0.1) is 0 Å². The summed E-state index contributed by atoms with van der Waals surface area (Å²) in [6, 6.07) is 0. The average Bonchev–Trinajstić information content (AvgIpc) is 1.39. The van der Waals surface area contributed by atoms with Gasteiger partial charge in [-0.15, -0.1) is 0 Å². The third-order valence-electron chi connectivity index (χ3n) is 0. The largest absolute Gasteiger partial charge is 0.549 e. The molecule has 3 nitrogen and oxygen atoms in total. The van der Waals surface area contributed by atoms with Gasteiger partial charge in [0.25, 0.3) is 0 Å². The molecule has 1 N–H and O–H groups in total. The topological polar surface area (TPSA) is 54.4 Å². The Morgan fingerprint density at radius 2 is 1.67 bits per heavy atom. The van der Waals surface area contributed by atoms with Crippen LogP contribution in [0.5, 0.6) is 0 Å². The minimum absolute atomic E-state index is 0.250. The molecule has 0 rings (SSSR count). The molecular weight excluding hydrogens is 100 g/mol. The summed E-state index contributed by atoms with van der Waals surface area (Å²) in [4.78, 5) is 0. The second-order valence-corrected chi connectivity index (χ2v) is 0.566. The fourth-order valence-electron chi connectivity index (χ4n) is 0. The standard InChI is InChI=1S/C2H6O.O2Si/c1-2-3;1-3-2/h3H,2H2,1H3;. The van der Waals surface area contributed by atoms with Crippen LogP contribution >= 0.6 is 0 Å². The smallest absolute Gasteiger partial charge is 0.397 e. The Hall–Kier alpha value is -0.223. The molecule has 0 saturated carbocycles. The lowest BCUT2D eigenvalue weighted by atomic mass is 10.9. The van der Waals surface area contributed by atoms with Crippen LogP contribution < -0.4 is 0 Å². The molecule has 0 saturated heterocycles. The van der Waals surface area contributed by atoms with Crippen molar-refractivity contribution < 1.29 is 14.0 Å². The summed E-state index contributed by atoms with van der Waals surface area (Å²) >= 11 is 0. The molecule has 0 bridgehead atoms. The fourth-order valence-corrected chi connectivity index (χ4v) is 0. The van der Waals surface area contributed by atoms with Gasteiger partial charge in [0, 0.05) is 6.61 Å². The molecule has 0 aromatic carbocycles. The highest BCUT2D eigenvalue weighted by Crippen LogP contribution is 1.30. The number of hydrogen-bond donors (Lipinski definition) is 1. The monoisotopic (exact) mass is 106 g/mol. The molecule has 4 heteroatoms. The van der Waals surface area contributed by atoms with Gasteiger partial charge in [-0.05, 0) is 6.92 Å². The summed E-state index contributed by atoms with van der Waals surface area (Å²) < 4.78 is 16.8. The molecule has 0 atom stereocenters. The molecule has 36 valence electrons. The second kappa shape index (κ2) is 21.6. The molecule has 0 aliphatic rings. The van der Waals surface area contributed by atoms with Crippen molar-refractivity contribution >= 4 is 9.29 Å². The number of aliphatic hydroxyl groups is 1. The Labute approximate surface area is 37.9 Å². The van der Waals surface area contributed by atoms with E-state index in [1.807, 2.05) is 0 Å². The number of aliphatic hydroxyl groups excluding tert-OH is 1. The summed E-state index contributed by atoms with van der Waals surface area (Å²) in [6.45, 7) is 1.93. The zero-order valence-corrected chi connectivity index (χ0v) is 4.47. The van der Waals surface area contributed by atoms with Gasteiger partial charge in [0.2, 0.25) is 0 Å². The summed E-state index contributed by atoms with van der Waals surface area (Å²) in [5.74, 6) is 0. The molecular formula is C2H6O3Si. The molecule has 0 aliphatic heterocycles. The highest BCUT2D eigenvalue weighted by Gasteiger charge is 1.34. The van der Waals surface area contributed by atoms with Crippen LogP contribution in [-0.2, 0) is 8.92 Å². The Kier molecular flexibility index (Phi) is 33.2. The van der Waals surface area contributed by atoms with Gasteiger partial charge in [0.15, 0.2) is 0 Å². The minimum Gasteiger partial charge on any atom is -0.397 e.